The number of ether oxygens (including phenoxy) is 1. The molecule has 0 unspecified atom stereocenters. The highest BCUT2D eigenvalue weighted by atomic mass is 19.1. The molecule has 0 aliphatic carbocycles. The molecule has 2 heterocycles. The molecule has 4 aromatic rings. The first-order chi connectivity index (χ1) is 14.0. The maximum absolute atomic E-state index is 14.8. The van der Waals surface area contributed by atoms with E-state index in [2.05, 4.69) is 15.1 Å². The van der Waals surface area contributed by atoms with Gasteiger partial charge in [-0.25, -0.2) is 18.9 Å². The van der Waals surface area contributed by atoms with Crippen LogP contribution in [0, 0.1) is 12.7 Å². The van der Waals surface area contributed by atoms with Crippen LogP contribution in [0.3, 0.4) is 0 Å². The number of fused-ring (bicyclic) bond motifs is 1. The Morgan fingerprint density at radius 3 is 2.79 bits per heavy atom. The summed E-state index contributed by atoms with van der Waals surface area (Å²) in [6.45, 7) is 3.81. The molecular weight excluding hydrogens is 375 g/mol. The first kappa shape index (κ1) is 18.5. The SMILES string of the molecule is CCOC(=O)c1cnn(-c2nc3cc(F)c(-c4ccccc4C)cc3c(=O)[nH]2)c1. The van der Waals surface area contributed by atoms with Gasteiger partial charge in [0.15, 0.2) is 0 Å². The van der Waals surface area contributed by atoms with Crippen molar-refractivity contribution >= 4 is 16.9 Å². The van der Waals surface area contributed by atoms with Gasteiger partial charge < -0.3 is 4.74 Å². The lowest BCUT2D eigenvalue weighted by atomic mass is 9.99. The number of hydrogen-bond donors (Lipinski definition) is 1. The van der Waals surface area contributed by atoms with Gasteiger partial charge in [-0.1, -0.05) is 24.3 Å². The summed E-state index contributed by atoms with van der Waals surface area (Å²) >= 11 is 0. The topological polar surface area (TPSA) is 89.9 Å². The van der Waals surface area contributed by atoms with Crippen LogP contribution in [0.25, 0.3) is 28.0 Å². The Kier molecular flexibility index (Phi) is 4.67. The molecule has 7 nitrogen and oxygen atoms in total. The molecule has 0 atom stereocenters. The van der Waals surface area contributed by atoms with Crippen LogP contribution in [0.2, 0.25) is 0 Å². The third-order valence-electron chi connectivity index (χ3n) is 4.53. The van der Waals surface area contributed by atoms with E-state index in [9.17, 15) is 14.0 Å². The zero-order chi connectivity index (χ0) is 20.5. The normalized spacial score (nSPS) is 11.0. The number of carbonyl (C=O) groups is 1. The van der Waals surface area contributed by atoms with Crippen LogP contribution in [0.15, 0.2) is 53.6 Å². The van der Waals surface area contributed by atoms with Crippen molar-refractivity contribution in [2.24, 2.45) is 0 Å². The van der Waals surface area contributed by atoms with Crippen molar-refractivity contribution in [3.63, 3.8) is 0 Å². The minimum Gasteiger partial charge on any atom is -0.462 e. The summed E-state index contributed by atoms with van der Waals surface area (Å²) in [6.07, 6.45) is 2.70. The Morgan fingerprint density at radius 2 is 2.03 bits per heavy atom. The summed E-state index contributed by atoms with van der Waals surface area (Å²) in [5.41, 5.74) is 1.91. The number of esters is 1. The van der Waals surface area contributed by atoms with Crippen molar-refractivity contribution in [2.45, 2.75) is 13.8 Å². The fourth-order valence-electron chi connectivity index (χ4n) is 3.10. The third kappa shape index (κ3) is 3.40. The summed E-state index contributed by atoms with van der Waals surface area (Å²) in [7, 11) is 0. The van der Waals surface area contributed by atoms with E-state index in [1.807, 2.05) is 25.1 Å². The molecule has 0 radical (unpaired) electrons. The standard InChI is InChI=1S/C21H17FN4O3/c1-3-29-20(28)13-10-23-26(11-13)21-24-18-9-17(22)15(8-16(18)19(27)25-21)14-7-5-4-6-12(14)2/h4-11H,3H2,1-2H3,(H,24,25,27). The molecule has 1 N–H and O–H groups in total. The summed E-state index contributed by atoms with van der Waals surface area (Å²) < 4.78 is 21.0. The number of halogens is 1. The van der Waals surface area contributed by atoms with Gasteiger partial charge in [-0.15, -0.1) is 0 Å². The number of H-pyrrole nitrogens is 1. The lowest BCUT2D eigenvalue weighted by Crippen LogP contribution is -2.14. The number of rotatable bonds is 4. The number of aromatic nitrogens is 4. The van der Waals surface area contributed by atoms with Crippen molar-refractivity contribution in [3.05, 3.63) is 76.1 Å². The molecule has 2 aromatic heterocycles. The molecule has 8 heteroatoms. The number of hydrogen-bond acceptors (Lipinski definition) is 5. The van der Waals surface area contributed by atoms with E-state index in [-0.39, 0.29) is 29.0 Å². The fraction of sp³-hybridized carbons (Fsp3) is 0.143. The lowest BCUT2D eigenvalue weighted by Gasteiger charge is -2.09. The number of benzene rings is 2. The Bertz CT molecular complexity index is 1290. The van der Waals surface area contributed by atoms with Crippen molar-refractivity contribution in [1.82, 2.24) is 19.7 Å². The van der Waals surface area contributed by atoms with Crippen LogP contribution in [0.5, 0.6) is 0 Å². The molecule has 0 aliphatic rings. The second-order valence-electron chi connectivity index (χ2n) is 6.45. The molecule has 4 rings (SSSR count). The minimum atomic E-state index is -0.532. The van der Waals surface area contributed by atoms with Gasteiger partial charge in [-0.3, -0.25) is 9.78 Å². The molecular formula is C21H17FN4O3. The average Bonchev–Trinajstić information content (AvgIpc) is 3.19. The number of aryl methyl sites for hydroxylation is 1. The van der Waals surface area contributed by atoms with Gasteiger partial charge in [-0.2, -0.15) is 5.10 Å². The monoisotopic (exact) mass is 392 g/mol. The quantitative estimate of drug-likeness (QED) is 0.538. The van der Waals surface area contributed by atoms with E-state index in [4.69, 9.17) is 4.74 Å². The van der Waals surface area contributed by atoms with E-state index in [1.165, 1.54) is 29.2 Å². The molecule has 0 amide bonds. The van der Waals surface area contributed by atoms with Gasteiger partial charge >= 0.3 is 5.97 Å². The van der Waals surface area contributed by atoms with E-state index >= 15 is 0 Å². The highest BCUT2D eigenvalue weighted by molar-refractivity contribution is 5.89. The van der Waals surface area contributed by atoms with Gasteiger partial charge in [0, 0.05) is 17.8 Å². The lowest BCUT2D eigenvalue weighted by molar-refractivity contribution is 0.0526. The van der Waals surface area contributed by atoms with Crippen LogP contribution in [-0.2, 0) is 4.74 Å². The second-order valence-corrected chi connectivity index (χ2v) is 6.45. The van der Waals surface area contributed by atoms with Crippen molar-refractivity contribution in [1.29, 1.82) is 0 Å². The smallest absolute Gasteiger partial charge is 0.341 e. The van der Waals surface area contributed by atoms with Crippen LogP contribution >= 0.6 is 0 Å². The molecule has 0 saturated carbocycles. The Morgan fingerprint density at radius 1 is 1.24 bits per heavy atom. The molecule has 2 aromatic carbocycles. The number of carbonyl (C=O) groups excluding carboxylic acids is 1. The number of nitrogens with zero attached hydrogens (tertiary/aromatic N) is 3. The zero-order valence-corrected chi connectivity index (χ0v) is 15.8. The van der Waals surface area contributed by atoms with Gasteiger partial charge in [0.25, 0.3) is 5.56 Å². The maximum Gasteiger partial charge on any atom is 0.341 e. The second kappa shape index (κ2) is 7.31. The first-order valence-corrected chi connectivity index (χ1v) is 8.99. The van der Waals surface area contributed by atoms with Crippen molar-refractivity contribution in [2.75, 3.05) is 6.61 Å². The summed E-state index contributed by atoms with van der Waals surface area (Å²) in [5, 5.41) is 4.28. The molecule has 29 heavy (non-hydrogen) atoms. The van der Waals surface area contributed by atoms with Crippen LogP contribution in [-0.4, -0.2) is 32.3 Å². The Hall–Kier alpha value is -3.81. The van der Waals surface area contributed by atoms with Crippen LogP contribution in [0.1, 0.15) is 22.8 Å². The van der Waals surface area contributed by atoms with Gasteiger partial charge in [0.05, 0.1) is 29.3 Å². The zero-order valence-electron chi connectivity index (χ0n) is 15.8. The Balaban J connectivity index is 1.81. The molecule has 0 aliphatic heterocycles. The fourth-order valence-corrected chi connectivity index (χ4v) is 3.10. The van der Waals surface area contributed by atoms with Gasteiger partial charge in [0.2, 0.25) is 5.95 Å². The largest absolute Gasteiger partial charge is 0.462 e. The molecule has 0 fully saturated rings. The average molecular weight is 392 g/mol. The van der Waals surface area contributed by atoms with Gasteiger partial charge in [0.1, 0.15) is 5.82 Å². The Labute approximate surface area is 164 Å². The summed E-state index contributed by atoms with van der Waals surface area (Å²) in [6, 6.07) is 10.1. The van der Waals surface area contributed by atoms with Crippen molar-refractivity contribution < 1.29 is 13.9 Å². The molecule has 0 saturated heterocycles. The summed E-state index contributed by atoms with van der Waals surface area (Å²) in [5.74, 6) is -0.944. The van der Waals surface area contributed by atoms with Crippen LogP contribution in [0.4, 0.5) is 4.39 Å². The van der Waals surface area contributed by atoms with Crippen molar-refractivity contribution in [3.8, 4) is 17.1 Å². The van der Waals surface area contributed by atoms with Crippen LogP contribution < -0.4 is 5.56 Å². The highest BCUT2D eigenvalue weighted by Gasteiger charge is 2.15. The molecule has 146 valence electrons. The van der Waals surface area contributed by atoms with E-state index in [0.717, 1.165) is 5.56 Å². The van der Waals surface area contributed by atoms with E-state index < -0.39 is 17.3 Å². The summed E-state index contributed by atoms with van der Waals surface area (Å²) in [4.78, 5) is 31.4. The van der Waals surface area contributed by atoms with E-state index in [1.54, 1.807) is 13.0 Å². The maximum atomic E-state index is 14.8. The third-order valence-corrected chi connectivity index (χ3v) is 4.53. The molecule has 0 bridgehead atoms. The predicted molar refractivity (Wildman–Crippen MR) is 106 cm³/mol. The first-order valence-electron chi connectivity index (χ1n) is 8.99. The van der Waals surface area contributed by atoms with E-state index in [0.29, 0.717) is 11.1 Å². The number of aromatic amines is 1. The minimum absolute atomic E-state index is 0.0705. The number of nitrogens with one attached hydrogen (secondary N) is 1. The predicted octanol–water partition coefficient (Wildman–Crippen LogP) is 3.40. The van der Waals surface area contributed by atoms with Gasteiger partial charge in [-0.05, 0) is 31.0 Å². The molecule has 0 spiro atoms. The highest BCUT2D eigenvalue weighted by Crippen LogP contribution is 2.28.